The quantitative estimate of drug-likeness (QED) is 0.399. The van der Waals surface area contributed by atoms with Crippen LogP contribution in [0.3, 0.4) is 0 Å². The number of ether oxygens (including phenoxy) is 2. The molecule has 10 nitrogen and oxygen atoms in total. The molecule has 3 fully saturated rings. The molecule has 0 spiro atoms. The minimum Gasteiger partial charge on any atom is -0.443 e. The summed E-state index contributed by atoms with van der Waals surface area (Å²) in [5.74, 6) is 1.55. The lowest BCUT2D eigenvalue weighted by atomic mass is 9.80. The first-order chi connectivity index (χ1) is 19.7. The molecule has 1 N–H and O–H groups in total. The zero-order valence-electron chi connectivity index (χ0n) is 26.4. The number of carbonyl (C=O) groups excluding carboxylic acids is 2. The molecule has 2 amide bonds. The number of piperidine rings is 1. The summed E-state index contributed by atoms with van der Waals surface area (Å²) < 4.78 is 13.2. The maximum atomic E-state index is 12.9. The number of aromatic nitrogens is 3. The second-order valence-corrected chi connectivity index (χ2v) is 14.4. The van der Waals surface area contributed by atoms with Crippen molar-refractivity contribution < 1.29 is 19.1 Å². The van der Waals surface area contributed by atoms with Crippen LogP contribution in [0.2, 0.25) is 0 Å². The minimum atomic E-state index is -0.710. The highest BCUT2D eigenvalue weighted by atomic mass is 16.6. The zero-order valence-corrected chi connectivity index (χ0v) is 26.4. The molecule has 3 heterocycles. The van der Waals surface area contributed by atoms with Crippen molar-refractivity contribution in [2.24, 2.45) is 5.92 Å². The van der Waals surface area contributed by atoms with Crippen molar-refractivity contribution in [3.63, 3.8) is 0 Å². The Bertz CT molecular complexity index is 1230. The Kier molecular flexibility index (Phi) is 8.56. The Morgan fingerprint density at radius 3 is 2.17 bits per heavy atom. The van der Waals surface area contributed by atoms with Gasteiger partial charge in [0, 0.05) is 30.3 Å². The van der Waals surface area contributed by atoms with E-state index in [-0.39, 0.29) is 18.5 Å². The molecule has 2 aromatic rings. The smallest absolute Gasteiger partial charge is 0.419 e. The molecular formula is C32H48N6O4. The van der Waals surface area contributed by atoms with E-state index in [0.717, 1.165) is 79.3 Å². The molecule has 2 saturated carbocycles. The van der Waals surface area contributed by atoms with Crippen LogP contribution in [0.25, 0.3) is 11.3 Å². The maximum absolute atomic E-state index is 12.9. The molecule has 2 aliphatic carbocycles. The monoisotopic (exact) mass is 580 g/mol. The van der Waals surface area contributed by atoms with Gasteiger partial charge in [0.25, 0.3) is 0 Å². The summed E-state index contributed by atoms with van der Waals surface area (Å²) in [5.41, 5.74) is 1.78. The van der Waals surface area contributed by atoms with Crippen LogP contribution in [-0.4, -0.2) is 80.7 Å². The summed E-state index contributed by atoms with van der Waals surface area (Å²) >= 11 is 0. The number of likely N-dealkylation sites (tertiary alicyclic amines) is 1. The molecule has 0 bridgehead atoms. The van der Waals surface area contributed by atoms with Crippen LogP contribution in [0.1, 0.15) is 97.7 Å². The van der Waals surface area contributed by atoms with E-state index in [9.17, 15) is 9.59 Å². The lowest BCUT2D eigenvalue weighted by Gasteiger charge is -2.38. The number of rotatable bonds is 7. The van der Waals surface area contributed by atoms with Gasteiger partial charge in [-0.1, -0.05) is 6.07 Å². The number of hydrogen-bond acceptors (Lipinski definition) is 8. The second kappa shape index (κ2) is 11.9. The van der Waals surface area contributed by atoms with Gasteiger partial charge in [0.2, 0.25) is 0 Å². The minimum absolute atomic E-state index is 0.146. The summed E-state index contributed by atoms with van der Waals surface area (Å²) in [6.07, 6.45) is 7.00. The predicted octanol–water partition coefficient (Wildman–Crippen LogP) is 6.45. The summed E-state index contributed by atoms with van der Waals surface area (Å²) in [4.78, 5) is 34.4. The number of nitrogens with one attached hydrogen (secondary N) is 1. The van der Waals surface area contributed by atoms with Crippen LogP contribution in [-0.2, 0) is 9.47 Å². The van der Waals surface area contributed by atoms with Crippen LogP contribution >= 0.6 is 0 Å². The van der Waals surface area contributed by atoms with Gasteiger partial charge in [-0.15, -0.1) is 0 Å². The number of amides is 2. The fraction of sp³-hybridized carbons (Fsp3) is 0.688. The van der Waals surface area contributed by atoms with E-state index in [4.69, 9.17) is 19.6 Å². The van der Waals surface area contributed by atoms with Gasteiger partial charge < -0.3 is 19.7 Å². The van der Waals surface area contributed by atoms with E-state index >= 15 is 0 Å². The molecule has 42 heavy (non-hydrogen) atoms. The molecule has 0 atom stereocenters. The van der Waals surface area contributed by atoms with Gasteiger partial charge in [-0.25, -0.2) is 19.5 Å². The average Bonchev–Trinajstić information content (AvgIpc) is 3.61. The number of nitrogens with zero attached hydrogens (tertiary/aromatic N) is 5. The first kappa shape index (κ1) is 30.3. The number of hydrogen-bond donors (Lipinski definition) is 1. The van der Waals surface area contributed by atoms with E-state index in [1.165, 1.54) is 0 Å². The fourth-order valence-corrected chi connectivity index (χ4v) is 5.66. The molecule has 0 unspecified atom stereocenters. The molecule has 10 heteroatoms. The van der Waals surface area contributed by atoms with Gasteiger partial charge in [0.05, 0.1) is 17.4 Å². The van der Waals surface area contributed by atoms with Crippen molar-refractivity contribution in [2.45, 2.75) is 109 Å². The first-order valence-electron chi connectivity index (χ1n) is 15.5. The molecule has 0 radical (unpaired) electrons. The third-order valence-electron chi connectivity index (χ3n) is 8.07. The predicted molar refractivity (Wildman–Crippen MR) is 163 cm³/mol. The van der Waals surface area contributed by atoms with E-state index in [1.807, 2.05) is 0 Å². The lowest BCUT2D eigenvalue weighted by Crippen LogP contribution is -2.47. The molecular weight excluding hydrogens is 532 g/mol. The van der Waals surface area contributed by atoms with Crippen LogP contribution in [0.4, 0.5) is 15.4 Å². The van der Waals surface area contributed by atoms with Crippen molar-refractivity contribution >= 4 is 18.0 Å². The van der Waals surface area contributed by atoms with Gasteiger partial charge in [-0.3, -0.25) is 4.68 Å². The van der Waals surface area contributed by atoms with E-state index in [1.54, 1.807) is 41.5 Å². The Hall–Kier alpha value is -3.14. The van der Waals surface area contributed by atoms with Crippen molar-refractivity contribution in [2.75, 3.05) is 32.0 Å². The van der Waals surface area contributed by atoms with Crippen LogP contribution in [0.5, 0.6) is 0 Å². The highest BCUT2D eigenvalue weighted by Gasteiger charge is 2.39. The van der Waals surface area contributed by atoms with Crippen molar-refractivity contribution in [1.29, 1.82) is 0 Å². The van der Waals surface area contributed by atoms with Gasteiger partial charge in [-0.05, 0) is 118 Å². The highest BCUT2D eigenvalue weighted by Crippen LogP contribution is 2.46. The third-order valence-corrected chi connectivity index (χ3v) is 8.07. The topological polar surface area (TPSA) is 102 Å². The Morgan fingerprint density at radius 1 is 0.976 bits per heavy atom. The third kappa shape index (κ3) is 7.82. The van der Waals surface area contributed by atoms with Crippen molar-refractivity contribution in [3.8, 4) is 11.3 Å². The Morgan fingerprint density at radius 2 is 1.60 bits per heavy atom. The molecule has 1 saturated heterocycles. The maximum Gasteiger partial charge on any atom is 0.419 e. The second-order valence-electron chi connectivity index (χ2n) is 14.4. The number of carbonyl (C=O) groups is 2. The number of anilines is 1. The summed E-state index contributed by atoms with van der Waals surface area (Å²) in [5, 5.41) is 8.71. The normalized spacial score (nSPS) is 21.9. The Balaban J connectivity index is 1.26. The summed E-state index contributed by atoms with van der Waals surface area (Å²) in [7, 11) is 2.18. The van der Waals surface area contributed by atoms with Gasteiger partial charge in [0.15, 0.2) is 0 Å². The van der Waals surface area contributed by atoms with E-state index < -0.39 is 23.4 Å². The van der Waals surface area contributed by atoms with Gasteiger partial charge >= 0.3 is 12.2 Å². The lowest BCUT2D eigenvalue weighted by molar-refractivity contribution is -0.00641. The molecule has 5 rings (SSSR count). The van der Waals surface area contributed by atoms with Gasteiger partial charge in [-0.2, -0.15) is 5.10 Å². The largest absolute Gasteiger partial charge is 0.443 e. The molecule has 230 valence electrons. The van der Waals surface area contributed by atoms with Crippen molar-refractivity contribution in [3.05, 3.63) is 30.1 Å². The van der Waals surface area contributed by atoms with Crippen LogP contribution in [0, 0.1) is 5.92 Å². The van der Waals surface area contributed by atoms with E-state index in [0.29, 0.717) is 12.0 Å². The standard InChI is InChI=1S/C32H48N6O4/c1-31(2,3)41-29(39)37(30(40)42-32(4,5)6)19-21-17-24(18-21)38-20-25(28(35-38)22-11-12-22)26-9-8-10-27(34-26)33-23-13-15-36(7)16-14-23/h8-10,20-24H,11-19H2,1-7H3,(H,33,34). The van der Waals surface area contributed by atoms with E-state index in [2.05, 4.69) is 46.3 Å². The highest BCUT2D eigenvalue weighted by molar-refractivity contribution is 5.88. The molecule has 2 aromatic heterocycles. The summed E-state index contributed by atoms with van der Waals surface area (Å²) in [6, 6.07) is 6.87. The molecule has 1 aliphatic heterocycles. The average molecular weight is 581 g/mol. The van der Waals surface area contributed by atoms with Crippen molar-refractivity contribution in [1.82, 2.24) is 24.6 Å². The first-order valence-corrected chi connectivity index (χ1v) is 15.5. The Labute approximate surface area is 250 Å². The molecule has 3 aliphatic rings. The van der Waals surface area contributed by atoms with Crippen LogP contribution < -0.4 is 5.32 Å². The summed E-state index contributed by atoms with van der Waals surface area (Å²) in [6.45, 7) is 13.2. The zero-order chi connectivity index (χ0) is 30.2. The van der Waals surface area contributed by atoms with Crippen LogP contribution in [0.15, 0.2) is 24.4 Å². The molecule has 0 aromatic carbocycles. The number of imide groups is 1. The fourth-order valence-electron chi connectivity index (χ4n) is 5.66. The SMILES string of the molecule is CN1CCC(Nc2cccc(-c3cn(C4CC(CN(C(=O)OC(C)(C)C)C(=O)OC(C)(C)C)C4)nc3C3CC3)n2)CC1. The van der Waals surface area contributed by atoms with Gasteiger partial charge in [0.1, 0.15) is 17.0 Å². The number of pyridine rings is 1.